The number of sulfonamides is 1. The van der Waals surface area contributed by atoms with Crippen LogP contribution in [-0.4, -0.2) is 51.1 Å². The summed E-state index contributed by atoms with van der Waals surface area (Å²) in [6, 6.07) is 0. The smallest absolute Gasteiger partial charge is 0.248 e. The molecule has 0 amide bonds. The molecule has 0 saturated carbocycles. The Morgan fingerprint density at radius 1 is 1.39 bits per heavy atom. The largest absolute Gasteiger partial charge is 0.494 e. The van der Waals surface area contributed by atoms with Crippen molar-refractivity contribution in [3.63, 3.8) is 0 Å². The van der Waals surface area contributed by atoms with E-state index < -0.39 is 10.0 Å². The highest BCUT2D eigenvalue weighted by atomic mass is 35.5. The highest BCUT2D eigenvalue weighted by Crippen LogP contribution is 2.32. The number of hydrogen-bond donors (Lipinski definition) is 0. The van der Waals surface area contributed by atoms with Crippen LogP contribution in [0.3, 0.4) is 0 Å². The van der Waals surface area contributed by atoms with E-state index in [1.807, 2.05) is 0 Å². The number of nitrogens with zero attached hydrogens (tertiary/aromatic N) is 2. The lowest BCUT2D eigenvalue weighted by atomic mass is 10.4. The van der Waals surface area contributed by atoms with Crippen LogP contribution in [-0.2, 0) is 14.8 Å². The predicted octanol–water partition coefficient (Wildman–Crippen LogP) is 0.764. The van der Waals surface area contributed by atoms with Crippen molar-refractivity contribution in [1.82, 2.24) is 9.29 Å². The first-order valence-corrected chi connectivity index (χ1v) is 7.14. The Balaban J connectivity index is 2.43. The molecule has 0 atom stereocenters. The summed E-state index contributed by atoms with van der Waals surface area (Å²) in [5, 5.41) is 0.173. The first-order valence-electron chi connectivity index (χ1n) is 5.32. The van der Waals surface area contributed by atoms with E-state index in [1.165, 1.54) is 23.8 Å². The molecule has 1 aliphatic rings. The second-order valence-electron chi connectivity index (χ2n) is 3.67. The Bertz CT molecular complexity index is 529. The lowest BCUT2D eigenvalue weighted by Crippen LogP contribution is -2.40. The van der Waals surface area contributed by atoms with E-state index >= 15 is 0 Å². The van der Waals surface area contributed by atoms with E-state index in [1.54, 1.807) is 0 Å². The molecule has 6 nitrogen and oxygen atoms in total. The second kappa shape index (κ2) is 5.40. The van der Waals surface area contributed by atoms with Gasteiger partial charge in [0.05, 0.1) is 26.5 Å². The van der Waals surface area contributed by atoms with Gasteiger partial charge in [0, 0.05) is 19.3 Å². The first kappa shape index (κ1) is 13.5. The van der Waals surface area contributed by atoms with Gasteiger partial charge in [0.2, 0.25) is 10.0 Å². The Morgan fingerprint density at radius 2 is 2.06 bits per heavy atom. The topological polar surface area (TPSA) is 68.7 Å². The second-order valence-corrected chi connectivity index (χ2v) is 5.98. The van der Waals surface area contributed by atoms with Gasteiger partial charge in [-0.3, -0.25) is 4.98 Å². The molecule has 100 valence electrons. The normalized spacial score (nSPS) is 17.7. The summed E-state index contributed by atoms with van der Waals surface area (Å²) in [6.45, 7) is 1.40. The fraction of sp³-hybridized carbons (Fsp3) is 0.500. The van der Waals surface area contributed by atoms with Gasteiger partial charge < -0.3 is 9.47 Å². The molecule has 2 heterocycles. The molecule has 1 saturated heterocycles. The predicted molar refractivity (Wildman–Crippen MR) is 65.4 cm³/mol. The van der Waals surface area contributed by atoms with Crippen molar-refractivity contribution in [2.45, 2.75) is 4.90 Å². The Kier molecular flexibility index (Phi) is 4.06. The average Bonchev–Trinajstić information content (AvgIpc) is 2.39. The minimum absolute atomic E-state index is 0.0144. The molecule has 0 radical (unpaired) electrons. The van der Waals surface area contributed by atoms with E-state index in [4.69, 9.17) is 21.1 Å². The molecule has 0 spiro atoms. The molecule has 18 heavy (non-hydrogen) atoms. The van der Waals surface area contributed by atoms with Gasteiger partial charge >= 0.3 is 0 Å². The number of hydrogen-bond acceptors (Lipinski definition) is 5. The number of rotatable bonds is 3. The van der Waals surface area contributed by atoms with E-state index in [-0.39, 0.29) is 15.7 Å². The van der Waals surface area contributed by atoms with Crippen LogP contribution in [0.2, 0.25) is 5.02 Å². The van der Waals surface area contributed by atoms with Crippen LogP contribution in [0.25, 0.3) is 0 Å². The number of morpholine rings is 1. The minimum atomic E-state index is -3.65. The van der Waals surface area contributed by atoms with Gasteiger partial charge in [0.15, 0.2) is 5.75 Å². The van der Waals surface area contributed by atoms with Crippen LogP contribution in [0, 0.1) is 0 Å². The van der Waals surface area contributed by atoms with Crippen molar-refractivity contribution in [1.29, 1.82) is 0 Å². The van der Waals surface area contributed by atoms with Crippen molar-refractivity contribution < 1.29 is 17.9 Å². The maximum atomic E-state index is 12.4. The van der Waals surface area contributed by atoms with Crippen LogP contribution >= 0.6 is 11.6 Å². The third kappa shape index (κ3) is 2.44. The van der Waals surface area contributed by atoms with Gasteiger partial charge in [-0.05, 0) is 0 Å². The Morgan fingerprint density at radius 3 is 2.67 bits per heavy atom. The number of halogens is 1. The molecule has 0 aliphatic carbocycles. The number of pyridine rings is 1. The third-order valence-electron chi connectivity index (χ3n) is 2.61. The summed E-state index contributed by atoms with van der Waals surface area (Å²) < 4.78 is 36.3. The monoisotopic (exact) mass is 292 g/mol. The molecule has 1 fully saturated rings. The molecule has 1 aliphatic heterocycles. The maximum Gasteiger partial charge on any atom is 0.248 e. The molecule has 0 bridgehead atoms. The first-order chi connectivity index (χ1) is 8.57. The van der Waals surface area contributed by atoms with Crippen molar-refractivity contribution in [2.75, 3.05) is 33.4 Å². The standard InChI is InChI=1S/C10H13ClN2O4S/c1-16-10-8(11)6-12-7-9(10)18(14,15)13-2-4-17-5-3-13/h6-7H,2-5H2,1H3. The van der Waals surface area contributed by atoms with Crippen LogP contribution in [0.5, 0.6) is 5.75 Å². The van der Waals surface area contributed by atoms with Gasteiger partial charge in [-0.25, -0.2) is 8.42 Å². The van der Waals surface area contributed by atoms with Crippen LogP contribution in [0.15, 0.2) is 17.3 Å². The minimum Gasteiger partial charge on any atom is -0.494 e. The van der Waals surface area contributed by atoms with Gasteiger partial charge in [0.1, 0.15) is 9.92 Å². The van der Waals surface area contributed by atoms with E-state index in [2.05, 4.69) is 4.98 Å². The van der Waals surface area contributed by atoms with E-state index in [9.17, 15) is 8.42 Å². The van der Waals surface area contributed by atoms with E-state index in [0.717, 1.165) is 0 Å². The van der Waals surface area contributed by atoms with Gasteiger partial charge in [0.25, 0.3) is 0 Å². The summed E-state index contributed by atoms with van der Waals surface area (Å²) in [4.78, 5) is 3.79. The van der Waals surface area contributed by atoms with Crippen LogP contribution in [0.4, 0.5) is 0 Å². The molecule has 0 unspecified atom stereocenters. The van der Waals surface area contributed by atoms with Crippen molar-refractivity contribution >= 4 is 21.6 Å². The molecular formula is C10H13ClN2O4S. The summed E-state index contributed by atoms with van der Waals surface area (Å²) in [5.41, 5.74) is 0. The summed E-state index contributed by atoms with van der Waals surface area (Å²) in [5.74, 6) is 0.123. The molecule has 8 heteroatoms. The van der Waals surface area contributed by atoms with Crippen LogP contribution in [0.1, 0.15) is 0 Å². The molecule has 1 aromatic rings. The highest BCUT2D eigenvalue weighted by Gasteiger charge is 2.30. The molecular weight excluding hydrogens is 280 g/mol. The van der Waals surface area contributed by atoms with Gasteiger partial charge in [-0.15, -0.1) is 0 Å². The van der Waals surface area contributed by atoms with Gasteiger partial charge in [-0.1, -0.05) is 11.6 Å². The Hall–Kier alpha value is -0.890. The lowest BCUT2D eigenvalue weighted by molar-refractivity contribution is 0.0729. The maximum absolute atomic E-state index is 12.4. The Labute approximate surface area is 111 Å². The third-order valence-corrected chi connectivity index (χ3v) is 4.77. The average molecular weight is 293 g/mol. The summed E-state index contributed by atoms with van der Waals surface area (Å²) in [7, 11) is -2.27. The SMILES string of the molecule is COc1c(Cl)cncc1S(=O)(=O)N1CCOCC1. The fourth-order valence-corrected chi connectivity index (χ4v) is 3.53. The van der Waals surface area contributed by atoms with Gasteiger partial charge in [-0.2, -0.15) is 4.31 Å². The summed E-state index contributed by atoms with van der Waals surface area (Å²) in [6.07, 6.45) is 2.59. The van der Waals surface area contributed by atoms with Crippen molar-refractivity contribution in [3.05, 3.63) is 17.4 Å². The van der Waals surface area contributed by atoms with Crippen LogP contribution < -0.4 is 4.74 Å². The zero-order valence-electron chi connectivity index (χ0n) is 9.80. The van der Waals surface area contributed by atoms with Crippen molar-refractivity contribution in [3.8, 4) is 5.75 Å². The molecule has 1 aromatic heterocycles. The summed E-state index contributed by atoms with van der Waals surface area (Å²) >= 11 is 5.88. The highest BCUT2D eigenvalue weighted by molar-refractivity contribution is 7.89. The van der Waals surface area contributed by atoms with Crippen molar-refractivity contribution in [2.24, 2.45) is 0 Å². The van der Waals surface area contributed by atoms with E-state index in [0.29, 0.717) is 26.3 Å². The number of methoxy groups -OCH3 is 1. The lowest BCUT2D eigenvalue weighted by Gasteiger charge is -2.26. The quantitative estimate of drug-likeness (QED) is 0.823. The number of ether oxygens (including phenoxy) is 2. The zero-order chi connectivity index (χ0) is 13.2. The molecule has 0 N–H and O–H groups in total. The molecule has 2 rings (SSSR count). The molecule has 0 aromatic carbocycles. The zero-order valence-corrected chi connectivity index (χ0v) is 11.4. The number of aromatic nitrogens is 1. The fourth-order valence-electron chi connectivity index (χ4n) is 1.71.